The van der Waals surface area contributed by atoms with E-state index < -0.39 is 5.54 Å². The van der Waals surface area contributed by atoms with E-state index in [0.29, 0.717) is 0 Å². The van der Waals surface area contributed by atoms with Crippen molar-refractivity contribution >= 4 is 22.8 Å². The van der Waals surface area contributed by atoms with E-state index in [-0.39, 0.29) is 5.91 Å². The molecule has 0 aliphatic carbocycles. The maximum atomic E-state index is 12.2. The average Bonchev–Trinajstić information content (AvgIpc) is 2.99. The van der Waals surface area contributed by atoms with Crippen molar-refractivity contribution in [3.63, 3.8) is 0 Å². The molecule has 7 heteroatoms. The van der Waals surface area contributed by atoms with Gasteiger partial charge in [0, 0.05) is 6.54 Å². The number of anilines is 1. The summed E-state index contributed by atoms with van der Waals surface area (Å²) in [5.41, 5.74) is 0.246. The lowest BCUT2D eigenvalue weighted by Gasteiger charge is -2.19. The second kappa shape index (κ2) is 6.95. The predicted octanol–water partition coefficient (Wildman–Crippen LogP) is 2.06. The Hall–Kier alpha value is -2.02. The van der Waals surface area contributed by atoms with Gasteiger partial charge < -0.3 is 4.90 Å². The Labute approximate surface area is 154 Å². The number of carbonyl (C=O) groups excluding carboxylic acids is 1. The standard InChI is InChI=1S/C19H28N6O/c1-19(2)18(26)22-17-15-13-21-25(16(15)20-14-24(17)19)12-8-7-11-23-9-5-3-4-6-10-23/h13-14H,3-12H2,1-2H3/p+1. The molecule has 0 saturated carbocycles. The van der Waals surface area contributed by atoms with Crippen molar-refractivity contribution in [2.75, 3.05) is 25.0 Å². The molecule has 0 unspecified atom stereocenters. The highest BCUT2D eigenvalue weighted by atomic mass is 16.2. The molecular formula is C19H29N6O+. The van der Waals surface area contributed by atoms with Crippen molar-refractivity contribution < 1.29 is 9.36 Å². The summed E-state index contributed by atoms with van der Waals surface area (Å²) < 4.78 is 3.87. The summed E-state index contributed by atoms with van der Waals surface area (Å²) >= 11 is 0. The lowest BCUT2D eigenvalue weighted by molar-refractivity contribution is -0.723. The molecule has 1 fully saturated rings. The van der Waals surface area contributed by atoms with Crippen LogP contribution in [0.3, 0.4) is 0 Å². The van der Waals surface area contributed by atoms with Gasteiger partial charge in [0.15, 0.2) is 5.54 Å². The Kier molecular flexibility index (Phi) is 4.65. The number of nitrogens with zero attached hydrogens (tertiary/aromatic N) is 5. The zero-order valence-electron chi connectivity index (χ0n) is 15.9. The molecule has 140 valence electrons. The molecule has 1 saturated heterocycles. The first-order chi connectivity index (χ1) is 12.6. The molecule has 2 aromatic heterocycles. The topological polar surface area (TPSA) is 66.9 Å². The lowest BCUT2D eigenvalue weighted by Crippen LogP contribution is -2.52. The van der Waals surface area contributed by atoms with Gasteiger partial charge in [-0.1, -0.05) is 17.8 Å². The lowest BCUT2D eigenvalue weighted by atomic mass is 10.1. The van der Waals surface area contributed by atoms with Crippen LogP contribution in [0, 0.1) is 0 Å². The molecule has 26 heavy (non-hydrogen) atoms. The van der Waals surface area contributed by atoms with Gasteiger partial charge in [-0.3, -0.25) is 4.79 Å². The first-order valence-corrected chi connectivity index (χ1v) is 9.88. The van der Waals surface area contributed by atoms with Gasteiger partial charge in [0.25, 0.3) is 0 Å². The van der Waals surface area contributed by atoms with Crippen LogP contribution in [0.1, 0.15) is 52.4 Å². The van der Waals surface area contributed by atoms with Gasteiger partial charge in [0.05, 0.1) is 6.20 Å². The van der Waals surface area contributed by atoms with Crippen molar-refractivity contribution in [3.8, 4) is 0 Å². The average molecular weight is 357 g/mol. The number of hydrogen-bond acceptors (Lipinski definition) is 4. The van der Waals surface area contributed by atoms with Crippen LogP contribution in [0.25, 0.3) is 11.0 Å². The first kappa shape index (κ1) is 17.4. The van der Waals surface area contributed by atoms with Crippen LogP contribution in [0.5, 0.6) is 0 Å². The number of carbonyl (C=O) groups is 1. The van der Waals surface area contributed by atoms with Gasteiger partial charge in [-0.05, 0) is 59.2 Å². The number of hydrogen-bond donors (Lipinski definition) is 1. The van der Waals surface area contributed by atoms with Crippen molar-refractivity contribution in [1.82, 2.24) is 19.7 Å². The fourth-order valence-electron chi connectivity index (χ4n) is 4.02. The fraction of sp³-hybridized carbons (Fsp3) is 0.684. The Morgan fingerprint density at radius 1 is 1.15 bits per heavy atom. The summed E-state index contributed by atoms with van der Waals surface area (Å²) in [4.78, 5) is 19.4. The molecule has 0 aromatic carbocycles. The number of unbranched alkanes of at least 4 members (excludes halogenated alkanes) is 1. The van der Waals surface area contributed by atoms with Gasteiger partial charge in [-0.15, -0.1) is 0 Å². The van der Waals surface area contributed by atoms with Crippen LogP contribution >= 0.6 is 0 Å². The summed E-state index contributed by atoms with van der Waals surface area (Å²) in [5.74, 6) is 0.804. The molecule has 7 nitrogen and oxygen atoms in total. The van der Waals surface area contributed by atoms with Gasteiger partial charge in [-0.25, -0.2) is 14.6 Å². The second-order valence-electron chi connectivity index (χ2n) is 8.04. The van der Waals surface area contributed by atoms with Gasteiger partial charge in [0.2, 0.25) is 17.8 Å². The van der Waals surface area contributed by atoms with Gasteiger partial charge in [0.1, 0.15) is 5.39 Å². The third kappa shape index (κ3) is 3.09. The molecule has 2 aliphatic heterocycles. The van der Waals surface area contributed by atoms with E-state index in [9.17, 15) is 4.79 Å². The predicted molar refractivity (Wildman–Crippen MR) is 99.8 cm³/mol. The van der Waals surface area contributed by atoms with E-state index in [2.05, 4.69) is 20.3 Å². The zero-order chi connectivity index (χ0) is 18.1. The minimum Gasteiger partial charge on any atom is -0.303 e. The van der Waals surface area contributed by atoms with Crippen molar-refractivity contribution in [2.45, 2.75) is 64.5 Å². The SMILES string of the molecule is CC1(C)C(=O)Nc2c3cnn(CCCCN4CCCCCC4)c3nc[n+]21. The summed E-state index contributed by atoms with van der Waals surface area (Å²) in [5, 5.41) is 8.42. The van der Waals surface area contributed by atoms with Crippen LogP contribution < -0.4 is 9.88 Å². The summed E-state index contributed by atoms with van der Waals surface area (Å²) in [6.07, 6.45) is 11.3. The van der Waals surface area contributed by atoms with E-state index in [0.717, 1.165) is 29.8 Å². The van der Waals surface area contributed by atoms with Crippen molar-refractivity contribution in [2.24, 2.45) is 0 Å². The first-order valence-electron chi connectivity index (χ1n) is 9.88. The highest BCUT2D eigenvalue weighted by molar-refractivity contribution is 6.02. The zero-order valence-corrected chi connectivity index (χ0v) is 15.9. The molecule has 4 rings (SSSR count). The monoisotopic (exact) mass is 357 g/mol. The van der Waals surface area contributed by atoms with Crippen LogP contribution in [0.4, 0.5) is 5.82 Å². The molecule has 0 atom stereocenters. The summed E-state index contributed by atoms with van der Waals surface area (Å²) in [6, 6.07) is 0. The fourth-order valence-corrected chi connectivity index (χ4v) is 4.02. The third-order valence-electron chi connectivity index (χ3n) is 5.79. The number of aromatic nitrogens is 4. The molecule has 4 heterocycles. The van der Waals surface area contributed by atoms with Crippen molar-refractivity contribution in [1.29, 1.82) is 0 Å². The highest BCUT2D eigenvalue weighted by Crippen LogP contribution is 2.26. The number of fused-ring (bicyclic) bond motifs is 3. The molecule has 1 amide bonds. The minimum atomic E-state index is -0.605. The Bertz CT molecular complexity index is 804. The molecule has 0 spiro atoms. The van der Waals surface area contributed by atoms with Crippen LogP contribution in [0.15, 0.2) is 12.5 Å². The Balaban J connectivity index is 1.41. The largest absolute Gasteiger partial charge is 0.320 e. The smallest absolute Gasteiger partial charge is 0.303 e. The number of nitrogens with one attached hydrogen (secondary N) is 1. The quantitative estimate of drug-likeness (QED) is 0.657. The maximum Gasteiger partial charge on any atom is 0.320 e. The van der Waals surface area contributed by atoms with Gasteiger partial charge >= 0.3 is 5.91 Å². The Morgan fingerprint density at radius 3 is 2.65 bits per heavy atom. The van der Waals surface area contributed by atoms with E-state index in [1.165, 1.54) is 51.7 Å². The number of aryl methyl sites for hydroxylation is 1. The highest BCUT2D eigenvalue weighted by Gasteiger charge is 2.45. The molecule has 0 bridgehead atoms. The van der Waals surface area contributed by atoms with E-state index >= 15 is 0 Å². The minimum absolute atomic E-state index is 0.00278. The van der Waals surface area contributed by atoms with Crippen LogP contribution in [0.2, 0.25) is 0 Å². The molecule has 2 aliphatic rings. The summed E-state index contributed by atoms with van der Waals surface area (Å²) in [7, 11) is 0. The summed E-state index contributed by atoms with van der Waals surface area (Å²) in [6.45, 7) is 8.36. The number of amides is 1. The van der Waals surface area contributed by atoms with E-state index in [1.54, 1.807) is 6.33 Å². The van der Waals surface area contributed by atoms with Crippen LogP contribution in [-0.2, 0) is 16.9 Å². The normalized spacial score (nSPS) is 20.2. The number of likely N-dealkylation sites (tertiary alicyclic amines) is 1. The van der Waals surface area contributed by atoms with Crippen LogP contribution in [-0.4, -0.2) is 45.2 Å². The van der Waals surface area contributed by atoms with E-state index in [1.807, 2.05) is 29.3 Å². The maximum absolute atomic E-state index is 12.2. The van der Waals surface area contributed by atoms with E-state index in [4.69, 9.17) is 0 Å². The van der Waals surface area contributed by atoms with Gasteiger partial charge in [-0.2, -0.15) is 5.10 Å². The third-order valence-corrected chi connectivity index (χ3v) is 5.79. The van der Waals surface area contributed by atoms with Crippen molar-refractivity contribution in [3.05, 3.63) is 12.5 Å². The Morgan fingerprint density at radius 2 is 1.88 bits per heavy atom. The second-order valence-corrected chi connectivity index (χ2v) is 8.04. The molecular weight excluding hydrogens is 328 g/mol. The number of rotatable bonds is 5. The molecule has 2 aromatic rings. The molecule has 0 radical (unpaired) electrons. The molecule has 1 N–H and O–H groups in total.